The largest absolute Gasteiger partial charge is 0.357 e. The molecular formula is C19H36IN5S. The van der Waals surface area contributed by atoms with Gasteiger partial charge in [0.1, 0.15) is 0 Å². The lowest BCUT2D eigenvalue weighted by atomic mass is 10.2. The fourth-order valence-corrected chi connectivity index (χ4v) is 3.86. The molecule has 150 valence electrons. The Kier molecular flexibility index (Phi) is 11.7. The van der Waals surface area contributed by atoms with Crippen molar-refractivity contribution in [1.82, 2.24) is 20.0 Å². The van der Waals surface area contributed by atoms with Crippen LogP contribution in [-0.2, 0) is 6.42 Å². The Morgan fingerprint density at radius 2 is 2.04 bits per heavy atom. The first-order valence-electron chi connectivity index (χ1n) is 9.62. The number of aliphatic imine (C=N–C) groups is 1. The lowest BCUT2D eigenvalue weighted by Gasteiger charge is -2.37. The Balaban J connectivity index is 0.00000338. The molecular weight excluding hydrogens is 457 g/mol. The molecule has 26 heavy (non-hydrogen) atoms. The number of hydrogen-bond acceptors (Lipinski definition) is 4. The summed E-state index contributed by atoms with van der Waals surface area (Å²) in [5.41, 5.74) is 0. The predicted octanol–water partition coefficient (Wildman–Crippen LogP) is 2.83. The number of halogens is 1. The van der Waals surface area contributed by atoms with Gasteiger partial charge >= 0.3 is 0 Å². The van der Waals surface area contributed by atoms with Crippen LogP contribution in [0.1, 0.15) is 25.6 Å². The van der Waals surface area contributed by atoms with Crippen molar-refractivity contribution in [2.45, 2.75) is 33.2 Å². The molecule has 1 aromatic heterocycles. The molecule has 2 rings (SSSR count). The van der Waals surface area contributed by atoms with E-state index in [-0.39, 0.29) is 24.0 Å². The van der Waals surface area contributed by atoms with E-state index < -0.39 is 0 Å². The van der Waals surface area contributed by atoms with Crippen LogP contribution in [0.3, 0.4) is 0 Å². The van der Waals surface area contributed by atoms with Gasteiger partial charge in [-0.05, 0) is 38.3 Å². The molecule has 1 unspecified atom stereocenters. The Bertz CT molecular complexity index is 500. The summed E-state index contributed by atoms with van der Waals surface area (Å²) in [5.74, 6) is 1.03. The average Bonchev–Trinajstić information content (AvgIpc) is 3.16. The van der Waals surface area contributed by atoms with Crippen LogP contribution in [0.2, 0.25) is 0 Å². The number of piperazine rings is 1. The van der Waals surface area contributed by atoms with E-state index in [1.165, 1.54) is 24.5 Å². The maximum atomic E-state index is 4.91. The van der Waals surface area contributed by atoms with Crippen LogP contribution < -0.4 is 5.32 Å². The molecule has 1 aromatic rings. The quantitative estimate of drug-likeness (QED) is 0.343. The standard InChI is InChI=1S/C19H35N5S.HI/c1-5-20-19(22(4)10-9-18-8-7-15-25-18)21-16-17(3)24-13-11-23(6-2)12-14-24;/h7-8,15,17H,5-6,9-14,16H2,1-4H3,(H,20,21);1H. The fraction of sp³-hybridized carbons (Fsp3) is 0.737. The van der Waals surface area contributed by atoms with E-state index in [0.717, 1.165) is 45.1 Å². The molecule has 0 amide bonds. The highest BCUT2D eigenvalue weighted by molar-refractivity contribution is 14.0. The zero-order valence-corrected chi connectivity index (χ0v) is 19.9. The number of guanidine groups is 1. The van der Waals surface area contributed by atoms with Gasteiger partial charge in [0.15, 0.2) is 5.96 Å². The SMILES string of the molecule is CCNC(=NCC(C)N1CCN(CC)CC1)N(C)CCc1cccs1.I. The van der Waals surface area contributed by atoms with Crippen LogP contribution >= 0.6 is 35.3 Å². The second kappa shape index (κ2) is 12.9. The third-order valence-corrected chi connectivity index (χ3v) is 5.89. The Hall–Kier alpha value is -0.380. The minimum Gasteiger partial charge on any atom is -0.357 e. The highest BCUT2D eigenvalue weighted by Crippen LogP contribution is 2.10. The van der Waals surface area contributed by atoms with Gasteiger partial charge in [-0.2, -0.15) is 0 Å². The van der Waals surface area contributed by atoms with E-state index in [2.05, 4.69) is 65.3 Å². The summed E-state index contributed by atoms with van der Waals surface area (Å²) < 4.78 is 0. The van der Waals surface area contributed by atoms with Crippen LogP contribution in [-0.4, -0.2) is 86.1 Å². The molecule has 1 atom stereocenters. The Labute approximate surface area is 180 Å². The first kappa shape index (κ1) is 23.7. The molecule has 1 saturated heterocycles. The molecule has 1 aliphatic rings. The van der Waals surface area contributed by atoms with Crippen molar-refractivity contribution >= 4 is 41.3 Å². The molecule has 0 saturated carbocycles. The summed E-state index contributed by atoms with van der Waals surface area (Å²) in [6.07, 6.45) is 1.08. The molecule has 0 aromatic carbocycles. The molecule has 1 fully saturated rings. The van der Waals surface area contributed by atoms with Gasteiger partial charge in [0.25, 0.3) is 0 Å². The number of rotatable bonds is 8. The summed E-state index contributed by atoms with van der Waals surface area (Å²) in [6.45, 7) is 15.3. The van der Waals surface area contributed by atoms with Crippen molar-refractivity contribution < 1.29 is 0 Å². The topological polar surface area (TPSA) is 34.1 Å². The van der Waals surface area contributed by atoms with E-state index in [1.807, 2.05) is 11.3 Å². The molecule has 1 aliphatic heterocycles. The summed E-state index contributed by atoms with van der Waals surface area (Å²) in [7, 11) is 2.14. The summed E-state index contributed by atoms with van der Waals surface area (Å²) in [4.78, 5) is 13.7. The number of nitrogens with zero attached hydrogens (tertiary/aromatic N) is 4. The van der Waals surface area contributed by atoms with E-state index in [0.29, 0.717) is 6.04 Å². The van der Waals surface area contributed by atoms with Crippen LogP contribution in [0.15, 0.2) is 22.5 Å². The third-order valence-electron chi connectivity index (χ3n) is 4.95. The van der Waals surface area contributed by atoms with Crippen molar-refractivity contribution in [3.05, 3.63) is 22.4 Å². The van der Waals surface area contributed by atoms with Gasteiger partial charge in [-0.1, -0.05) is 13.0 Å². The molecule has 7 heteroatoms. The van der Waals surface area contributed by atoms with Crippen LogP contribution in [0.4, 0.5) is 0 Å². The minimum absolute atomic E-state index is 0. The molecule has 0 bridgehead atoms. The predicted molar refractivity (Wildman–Crippen MR) is 125 cm³/mol. The lowest BCUT2D eigenvalue weighted by Crippen LogP contribution is -2.50. The molecule has 1 N–H and O–H groups in total. The first-order valence-corrected chi connectivity index (χ1v) is 10.5. The number of hydrogen-bond donors (Lipinski definition) is 1. The highest BCUT2D eigenvalue weighted by Gasteiger charge is 2.20. The lowest BCUT2D eigenvalue weighted by molar-refractivity contribution is 0.109. The van der Waals surface area contributed by atoms with Gasteiger partial charge in [0.2, 0.25) is 0 Å². The normalized spacial score (nSPS) is 17.6. The van der Waals surface area contributed by atoms with Crippen LogP contribution in [0, 0.1) is 0 Å². The Morgan fingerprint density at radius 1 is 1.31 bits per heavy atom. The average molecular weight is 494 g/mol. The van der Waals surface area contributed by atoms with Crippen molar-refractivity contribution in [2.75, 3.05) is 59.4 Å². The second-order valence-electron chi connectivity index (χ2n) is 6.76. The van der Waals surface area contributed by atoms with Crippen LogP contribution in [0.5, 0.6) is 0 Å². The van der Waals surface area contributed by atoms with Gasteiger partial charge in [0.05, 0.1) is 6.54 Å². The van der Waals surface area contributed by atoms with Gasteiger partial charge in [-0.15, -0.1) is 35.3 Å². The summed E-state index contributed by atoms with van der Waals surface area (Å²) in [6, 6.07) is 4.83. The van der Waals surface area contributed by atoms with Crippen molar-refractivity contribution in [3.8, 4) is 0 Å². The minimum atomic E-state index is 0. The smallest absolute Gasteiger partial charge is 0.193 e. The van der Waals surface area contributed by atoms with E-state index >= 15 is 0 Å². The van der Waals surface area contributed by atoms with Gasteiger partial charge in [-0.25, -0.2) is 0 Å². The zero-order valence-electron chi connectivity index (χ0n) is 16.8. The van der Waals surface area contributed by atoms with E-state index in [1.54, 1.807) is 0 Å². The molecule has 2 heterocycles. The van der Waals surface area contributed by atoms with E-state index in [9.17, 15) is 0 Å². The molecule has 5 nitrogen and oxygen atoms in total. The fourth-order valence-electron chi connectivity index (χ4n) is 3.16. The number of thiophene rings is 1. The van der Waals surface area contributed by atoms with Crippen molar-refractivity contribution in [1.29, 1.82) is 0 Å². The molecule has 0 spiro atoms. The van der Waals surface area contributed by atoms with Crippen molar-refractivity contribution in [3.63, 3.8) is 0 Å². The monoisotopic (exact) mass is 493 g/mol. The van der Waals surface area contributed by atoms with Crippen LogP contribution in [0.25, 0.3) is 0 Å². The Morgan fingerprint density at radius 3 is 2.62 bits per heavy atom. The van der Waals surface area contributed by atoms with Gasteiger partial charge in [0, 0.05) is 57.2 Å². The van der Waals surface area contributed by atoms with Gasteiger partial charge < -0.3 is 15.1 Å². The second-order valence-corrected chi connectivity index (χ2v) is 7.80. The zero-order chi connectivity index (χ0) is 18.1. The third kappa shape index (κ3) is 7.70. The maximum Gasteiger partial charge on any atom is 0.193 e. The molecule has 0 radical (unpaired) electrons. The highest BCUT2D eigenvalue weighted by atomic mass is 127. The summed E-state index contributed by atoms with van der Waals surface area (Å²) in [5, 5.41) is 5.59. The van der Waals surface area contributed by atoms with Gasteiger partial charge in [-0.3, -0.25) is 9.89 Å². The molecule has 0 aliphatic carbocycles. The van der Waals surface area contributed by atoms with Crippen molar-refractivity contribution in [2.24, 2.45) is 4.99 Å². The first-order chi connectivity index (χ1) is 12.1. The summed E-state index contributed by atoms with van der Waals surface area (Å²) >= 11 is 1.83. The number of likely N-dealkylation sites (N-methyl/N-ethyl adjacent to an activating group) is 2. The maximum absolute atomic E-state index is 4.91. The number of nitrogens with one attached hydrogen (secondary N) is 1. The van der Waals surface area contributed by atoms with E-state index in [4.69, 9.17) is 4.99 Å².